The molecule has 2 unspecified atom stereocenters. The number of hydrogen-bond acceptors (Lipinski definition) is 2. The Balaban J connectivity index is 1.89. The standard InChI is InChI=1S/C16H30N2O/c1-16(2,3)14-6-7-15(19)18(10-8-14)12-13-5-4-9-17-11-13/h13-14,17H,4-12H2,1-3H3. The minimum absolute atomic E-state index is 0.336. The number of nitrogens with zero attached hydrogens (tertiary/aromatic N) is 1. The van der Waals surface area contributed by atoms with Crippen molar-refractivity contribution in [1.82, 2.24) is 10.2 Å². The van der Waals surface area contributed by atoms with E-state index in [1.54, 1.807) is 0 Å². The molecule has 2 rings (SSSR count). The second kappa shape index (κ2) is 6.25. The number of carbonyl (C=O) groups is 1. The Kier molecular flexibility index (Phi) is 4.88. The van der Waals surface area contributed by atoms with Gasteiger partial charge in [0, 0.05) is 19.5 Å². The zero-order valence-electron chi connectivity index (χ0n) is 12.9. The number of rotatable bonds is 2. The van der Waals surface area contributed by atoms with Crippen LogP contribution in [0.5, 0.6) is 0 Å². The van der Waals surface area contributed by atoms with Crippen molar-refractivity contribution < 1.29 is 4.79 Å². The van der Waals surface area contributed by atoms with E-state index in [2.05, 4.69) is 31.0 Å². The van der Waals surface area contributed by atoms with E-state index in [1.165, 1.54) is 19.3 Å². The number of hydrogen-bond donors (Lipinski definition) is 1. The van der Waals surface area contributed by atoms with Crippen molar-refractivity contribution in [3.8, 4) is 0 Å². The summed E-state index contributed by atoms with van der Waals surface area (Å²) in [5.74, 6) is 1.74. The summed E-state index contributed by atoms with van der Waals surface area (Å²) in [6.07, 6.45) is 5.54. The first kappa shape index (κ1) is 14.8. The fourth-order valence-corrected chi connectivity index (χ4v) is 3.49. The molecule has 3 nitrogen and oxygen atoms in total. The molecule has 2 aliphatic heterocycles. The normalized spacial score (nSPS) is 30.3. The molecule has 19 heavy (non-hydrogen) atoms. The Morgan fingerprint density at radius 1 is 1.26 bits per heavy atom. The molecule has 0 saturated carbocycles. The third kappa shape index (κ3) is 4.20. The number of amides is 1. The second-order valence-electron chi connectivity index (χ2n) is 7.44. The summed E-state index contributed by atoms with van der Waals surface area (Å²) < 4.78 is 0. The van der Waals surface area contributed by atoms with Crippen LogP contribution in [0.1, 0.15) is 52.9 Å². The molecule has 0 bridgehead atoms. The van der Waals surface area contributed by atoms with Crippen molar-refractivity contribution in [2.24, 2.45) is 17.3 Å². The monoisotopic (exact) mass is 266 g/mol. The largest absolute Gasteiger partial charge is 0.342 e. The molecule has 0 aromatic carbocycles. The number of piperidine rings is 1. The van der Waals surface area contributed by atoms with Crippen LogP contribution in [0.15, 0.2) is 0 Å². The van der Waals surface area contributed by atoms with Crippen LogP contribution in [0.4, 0.5) is 0 Å². The summed E-state index contributed by atoms with van der Waals surface area (Å²) in [4.78, 5) is 14.4. The van der Waals surface area contributed by atoms with Gasteiger partial charge in [0.15, 0.2) is 0 Å². The smallest absolute Gasteiger partial charge is 0.222 e. The van der Waals surface area contributed by atoms with Gasteiger partial charge < -0.3 is 10.2 Å². The molecule has 2 aliphatic rings. The number of nitrogens with one attached hydrogen (secondary N) is 1. The fraction of sp³-hybridized carbons (Fsp3) is 0.938. The first-order valence-electron chi connectivity index (χ1n) is 7.95. The van der Waals surface area contributed by atoms with E-state index in [4.69, 9.17) is 0 Å². The van der Waals surface area contributed by atoms with Crippen LogP contribution < -0.4 is 5.32 Å². The van der Waals surface area contributed by atoms with Crippen LogP contribution in [0.25, 0.3) is 0 Å². The quantitative estimate of drug-likeness (QED) is 0.833. The molecule has 0 spiro atoms. The fourth-order valence-electron chi connectivity index (χ4n) is 3.49. The average Bonchev–Trinajstić information content (AvgIpc) is 2.53. The molecular weight excluding hydrogens is 236 g/mol. The van der Waals surface area contributed by atoms with Gasteiger partial charge in [-0.2, -0.15) is 0 Å². The molecule has 0 aromatic heterocycles. The van der Waals surface area contributed by atoms with Crippen molar-refractivity contribution in [3.63, 3.8) is 0 Å². The highest BCUT2D eigenvalue weighted by atomic mass is 16.2. The van der Waals surface area contributed by atoms with E-state index in [0.717, 1.165) is 39.0 Å². The molecule has 0 radical (unpaired) electrons. The first-order valence-corrected chi connectivity index (χ1v) is 7.95. The van der Waals surface area contributed by atoms with Gasteiger partial charge in [0.05, 0.1) is 0 Å². The van der Waals surface area contributed by atoms with Crippen molar-refractivity contribution in [3.05, 3.63) is 0 Å². The second-order valence-corrected chi connectivity index (χ2v) is 7.44. The van der Waals surface area contributed by atoms with Gasteiger partial charge in [-0.05, 0) is 56.0 Å². The SMILES string of the molecule is CC(C)(C)C1CCC(=O)N(CC2CCCNC2)CC1. The van der Waals surface area contributed by atoms with Gasteiger partial charge in [0.2, 0.25) is 5.91 Å². The van der Waals surface area contributed by atoms with Crippen molar-refractivity contribution in [2.45, 2.75) is 52.9 Å². The van der Waals surface area contributed by atoms with Crippen LogP contribution in [0.3, 0.4) is 0 Å². The third-order valence-corrected chi connectivity index (χ3v) is 4.91. The van der Waals surface area contributed by atoms with Crippen LogP contribution >= 0.6 is 0 Å². The molecule has 2 fully saturated rings. The molecule has 3 heteroatoms. The molecule has 0 aliphatic carbocycles. The van der Waals surface area contributed by atoms with Gasteiger partial charge >= 0.3 is 0 Å². The van der Waals surface area contributed by atoms with E-state index >= 15 is 0 Å². The van der Waals surface area contributed by atoms with Crippen LogP contribution in [0, 0.1) is 17.3 Å². The van der Waals surface area contributed by atoms with E-state index < -0.39 is 0 Å². The van der Waals surface area contributed by atoms with Crippen molar-refractivity contribution in [1.29, 1.82) is 0 Å². The topological polar surface area (TPSA) is 32.3 Å². The zero-order valence-corrected chi connectivity index (χ0v) is 12.9. The molecule has 0 aromatic rings. The summed E-state index contributed by atoms with van der Waals surface area (Å²) in [7, 11) is 0. The molecule has 1 amide bonds. The van der Waals surface area contributed by atoms with Crippen molar-refractivity contribution >= 4 is 5.91 Å². The van der Waals surface area contributed by atoms with Gasteiger partial charge in [0.1, 0.15) is 0 Å². The number of likely N-dealkylation sites (tertiary alicyclic amines) is 1. The van der Waals surface area contributed by atoms with Crippen LogP contribution in [-0.4, -0.2) is 37.0 Å². The van der Waals surface area contributed by atoms with Gasteiger partial charge in [-0.3, -0.25) is 4.79 Å². The lowest BCUT2D eigenvalue weighted by molar-refractivity contribution is -0.131. The maximum atomic E-state index is 12.3. The van der Waals surface area contributed by atoms with E-state index in [0.29, 0.717) is 23.2 Å². The molecule has 2 saturated heterocycles. The van der Waals surface area contributed by atoms with Crippen LogP contribution in [-0.2, 0) is 4.79 Å². The minimum atomic E-state index is 0.336. The van der Waals surface area contributed by atoms with Gasteiger partial charge in [-0.1, -0.05) is 20.8 Å². The van der Waals surface area contributed by atoms with Gasteiger partial charge in [0.25, 0.3) is 0 Å². The maximum absolute atomic E-state index is 12.3. The molecule has 2 heterocycles. The predicted molar refractivity (Wildman–Crippen MR) is 79.0 cm³/mol. The summed E-state index contributed by atoms with van der Waals surface area (Å²) >= 11 is 0. The minimum Gasteiger partial charge on any atom is -0.342 e. The lowest BCUT2D eigenvalue weighted by Crippen LogP contribution is -2.41. The Labute approximate surface area is 118 Å². The molecule has 1 N–H and O–H groups in total. The molecule has 110 valence electrons. The summed E-state index contributed by atoms with van der Waals surface area (Å²) in [5, 5.41) is 3.45. The Bertz CT molecular complexity index is 302. The summed E-state index contributed by atoms with van der Waals surface area (Å²) in [5.41, 5.74) is 0.336. The summed E-state index contributed by atoms with van der Waals surface area (Å²) in [6.45, 7) is 11.1. The van der Waals surface area contributed by atoms with E-state index in [1.807, 2.05) is 0 Å². The highest BCUT2D eigenvalue weighted by Gasteiger charge is 2.30. The molecule has 2 atom stereocenters. The zero-order chi connectivity index (χ0) is 13.9. The van der Waals surface area contributed by atoms with Crippen molar-refractivity contribution in [2.75, 3.05) is 26.2 Å². The lowest BCUT2D eigenvalue weighted by Gasteiger charge is -2.31. The van der Waals surface area contributed by atoms with Gasteiger partial charge in [-0.15, -0.1) is 0 Å². The lowest BCUT2D eigenvalue weighted by atomic mass is 9.77. The van der Waals surface area contributed by atoms with Gasteiger partial charge in [-0.25, -0.2) is 0 Å². The number of carbonyl (C=O) groups excluding carboxylic acids is 1. The predicted octanol–water partition coefficient (Wildman–Crippen LogP) is 2.66. The highest BCUT2D eigenvalue weighted by molar-refractivity contribution is 5.76. The Morgan fingerprint density at radius 2 is 2.05 bits per heavy atom. The van der Waals surface area contributed by atoms with E-state index in [-0.39, 0.29) is 0 Å². The average molecular weight is 266 g/mol. The van der Waals surface area contributed by atoms with Crippen LogP contribution in [0.2, 0.25) is 0 Å². The first-order chi connectivity index (χ1) is 8.97. The maximum Gasteiger partial charge on any atom is 0.222 e. The van der Waals surface area contributed by atoms with E-state index in [9.17, 15) is 4.79 Å². The Morgan fingerprint density at radius 3 is 2.68 bits per heavy atom. The third-order valence-electron chi connectivity index (χ3n) is 4.91. The highest BCUT2D eigenvalue weighted by Crippen LogP contribution is 2.34. The Hall–Kier alpha value is -0.570. The summed E-state index contributed by atoms with van der Waals surface area (Å²) in [6, 6.07) is 0. The molecular formula is C16H30N2O.